The average molecular weight is 124 g/mol. The molecule has 1 aromatic rings. The third-order valence-electron chi connectivity index (χ3n) is 1.14. The van der Waals surface area contributed by atoms with Crippen LogP contribution < -0.4 is 0 Å². The molecule has 0 N–H and O–H groups in total. The molecule has 0 spiro atoms. The molecule has 3 nitrogen and oxygen atoms in total. The zero-order valence-electron chi connectivity index (χ0n) is 5.46. The fourth-order valence-electron chi connectivity index (χ4n) is 0.705. The van der Waals surface area contributed by atoms with Crippen molar-refractivity contribution in [1.29, 1.82) is 0 Å². The summed E-state index contributed by atoms with van der Waals surface area (Å²) in [6, 6.07) is 0. The highest BCUT2D eigenvalue weighted by atomic mass is 16.1. The minimum Gasteiger partial charge on any atom is -0.332 e. The molecular formula is C6H8N2O. The van der Waals surface area contributed by atoms with Gasteiger partial charge < -0.3 is 4.57 Å². The summed E-state index contributed by atoms with van der Waals surface area (Å²) in [6.07, 6.45) is 3.35. The largest absolute Gasteiger partial charge is 0.332 e. The van der Waals surface area contributed by atoms with Gasteiger partial charge in [0.1, 0.15) is 0 Å². The first-order valence-electron chi connectivity index (χ1n) is 2.70. The smallest absolute Gasteiger partial charge is 0.195 e. The summed E-state index contributed by atoms with van der Waals surface area (Å²) in [5.74, 6) is 0.512. The second-order valence-corrected chi connectivity index (χ2v) is 1.92. The molecule has 0 unspecified atom stereocenters. The first-order valence-corrected chi connectivity index (χ1v) is 2.70. The predicted octanol–water partition coefficient (Wildman–Crippen LogP) is 0.623. The predicted molar refractivity (Wildman–Crippen MR) is 33.2 cm³/mol. The highest BCUT2D eigenvalue weighted by Crippen LogP contribution is 1.93. The van der Waals surface area contributed by atoms with Gasteiger partial charge in [0.15, 0.2) is 11.6 Å². The lowest BCUT2D eigenvalue weighted by Gasteiger charge is -1.92. The van der Waals surface area contributed by atoms with E-state index in [1.807, 2.05) is 0 Å². The van der Waals surface area contributed by atoms with Crippen LogP contribution in [0.25, 0.3) is 0 Å². The monoisotopic (exact) mass is 124 g/mol. The molecule has 0 aromatic carbocycles. The maximum atomic E-state index is 10.6. The lowest BCUT2D eigenvalue weighted by Crippen LogP contribution is -2.01. The number of carbonyl (C=O) groups excluding carboxylic acids is 1. The summed E-state index contributed by atoms with van der Waals surface area (Å²) in [5.41, 5.74) is 0. The van der Waals surface area contributed by atoms with E-state index in [0.29, 0.717) is 5.82 Å². The molecule has 0 bridgehead atoms. The molecule has 0 amide bonds. The molecular weight excluding hydrogens is 116 g/mol. The van der Waals surface area contributed by atoms with Gasteiger partial charge in [0.2, 0.25) is 0 Å². The number of ketones is 1. The zero-order valence-corrected chi connectivity index (χ0v) is 5.46. The summed E-state index contributed by atoms with van der Waals surface area (Å²) in [4.78, 5) is 14.5. The number of aryl methyl sites for hydroxylation is 1. The molecule has 0 saturated carbocycles. The van der Waals surface area contributed by atoms with E-state index in [9.17, 15) is 4.79 Å². The Morgan fingerprint density at radius 1 is 1.78 bits per heavy atom. The fourth-order valence-corrected chi connectivity index (χ4v) is 0.705. The normalized spacial score (nSPS) is 9.56. The van der Waals surface area contributed by atoms with Crippen molar-refractivity contribution in [2.75, 3.05) is 0 Å². The Balaban J connectivity index is 3.08. The van der Waals surface area contributed by atoms with E-state index in [4.69, 9.17) is 0 Å². The molecule has 0 saturated heterocycles. The van der Waals surface area contributed by atoms with Gasteiger partial charge in [-0.05, 0) is 0 Å². The summed E-state index contributed by atoms with van der Waals surface area (Å²) >= 11 is 0. The Morgan fingerprint density at radius 2 is 2.44 bits per heavy atom. The van der Waals surface area contributed by atoms with Gasteiger partial charge in [0, 0.05) is 26.4 Å². The minimum absolute atomic E-state index is 0.00231. The second-order valence-electron chi connectivity index (χ2n) is 1.92. The molecule has 0 aliphatic carbocycles. The first kappa shape index (κ1) is 6.01. The summed E-state index contributed by atoms with van der Waals surface area (Å²) in [7, 11) is 1.80. The van der Waals surface area contributed by atoms with E-state index in [2.05, 4.69) is 4.98 Å². The zero-order chi connectivity index (χ0) is 6.85. The van der Waals surface area contributed by atoms with Gasteiger partial charge in [0.25, 0.3) is 0 Å². The minimum atomic E-state index is 0.00231. The molecule has 9 heavy (non-hydrogen) atoms. The SMILES string of the molecule is CC(=O)c1nccn1C. The Morgan fingerprint density at radius 3 is 2.67 bits per heavy atom. The first-order chi connectivity index (χ1) is 4.22. The molecule has 1 aromatic heterocycles. The Hall–Kier alpha value is -1.12. The van der Waals surface area contributed by atoms with Gasteiger partial charge in [-0.2, -0.15) is 0 Å². The van der Waals surface area contributed by atoms with Crippen LogP contribution in [-0.2, 0) is 7.05 Å². The number of carbonyl (C=O) groups is 1. The van der Waals surface area contributed by atoms with Crippen molar-refractivity contribution in [1.82, 2.24) is 9.55 Å². The molecule has 3 heteroatoms. The third kappa shape index (κ3) is 0.988. The maximum absolute atomic E-state index is 10.6. The van der Waals surface area contributed by atoms with Crippen LogP contribution in [0, 0.1) is 0 Å². The number of aromatic nitrogens is 2. The summed E-state index contributed by atoms with van der Waals surface area (Å²) < 4.78 is 1.70. The van der Waals surface area contributed by atoms with Crippen LogP contribution in [0.5, 0.6) is 0 Å². The molecule has 48 valence electrons. The van der Waals surface area contributed by atoms with Crippen LogP contribution in [0.15, 0.2) is 12.4 Å². The van der Waals surface area contributed by atoms with Gasteiger partial charge in [-0.15, -0.1) is 0 Å². The van der Waals surface area contributed by atoms with Crippen molar-refractivity contribution < 1.29 is 4.79 Å². The van der Waals surface area contributed by atoms with Crippen molar-refractivity contribution in [2.45, 2.75) is 6.92 Å². The van der Waals surface area contributed by atoms with Gasteiger partial charge in [-0.1, -0.05) is 0 Å². The Kier molecular flexibility index (Phi) is 1.34. The van der Waals surface area contributed by atoms with Gasteiger partial charge in [0.05, 0.1) is 0 Å². The van der Waals surface area contributed by atoms with E-state index in [1.165, 1.54) is 6.92 Å². The topological polar surface area (TPSA) is 34.9 Å². The van der Waals surface area contributed by atoms with Crippen molar-refractivity contribution in [2.24, 2.45) is 7.05 Å². The van der Waals surface area contributed by atoms with E-state index in [0.717, 1.165) is 0 Å². The standard InChI is InChI=1S/C6H8N2O/c1-5(9)6-7-3-4-8(6)2/h3-4H,1-2H3. The Bertz CT molecular complexity index is 227. The third-order valence-corrected chi connectivity index (χ3v) is 1.14. The number of rotatable bonds is 1. The number of hydrogen-bond acceptors (Lipinski definition) is 2. The van der Waals surface area contributed by atoms with Crippen molar-refractivity contribution in [3.05, 3.63) is 18.2 Å². The van der Waals surface area contributed by atoms with Crippen molar-refractivity contribution in [3.63, 3.8) is 0 Å². The number of hydrogen-bond donors (Lipinski definition) is 0. The highest BCUT2D eigenvalue weighted by Gasteiger charge is 2.01. The molecule has 1 rings (SSSR count). The van der Waals surface area contributed by atoms with Crippen molar-refractivity contribution in [3.8, 4) is 0 Å². The lowest BCUT2D eigenvalue weighted by molar-refractivity contribution is 0.100. The van der Waals surface area contributed by atoms with Gasteiger partial charge in [-0.25, -0.2) is 4.98 Å². The second kappa shape index (κ2) is 2.01. The maximum Gasteiger partial charge on any atom is 0.195 e. The van der Waals surface area contributed by atoms with Crippen LogP contribution in [0.1, 0.15) is 17.5 Å². The molecule has 0 aliphatic rings. The number of nitrogens with zero attached hydrogens (tertiary/aromatic N) is 2. The lowest BCUT2D eigenvalue weighted by atomic mass is 10.4. The molecule has 0 fully saturated rings. The van der Waals surface area contributed by atoms with Crippen molar-refractivity contribution >= 4 is 5.78 Å². The number of imidazole rings is 1. The van der Waals surface area contributed by atoms with E-state index >= 15 is 0 Å². The van der Waals surface area contributed by atoms with Crippen LogP contribution in [0.3, 0.4) is 0 Å². The van der Waals surface area contributed by atoms with Gasteiger partial charge >= 0.3 is 0 Å². The molecule has 0 radical (unpaired) electrons. The Labute approximate surface area is 53.3 Å². The van der Waals surface area contributed by atoms with Crippen LogP contribution in [0.4, 0.5) is 0 Å². The number of Topliss-reactive ketones (excluding diaryl/α,β-unsaturated/α-hetero) is 1. The molecule has 0 aliphatic heterocycles. The highest BCUT2D eigenvalue weighted by molar-refractivity contribution is 5.90. The quantitative estimate of drug-likeness (QED) is 0.514. The summed E-state index contributed by atoms with van der Waals surface area (Å²) in [6.45, 7) is 1.50. The van der Waals surface area contributed by atoms with Crippen LogP contribution in [0.2, 0.25) is 0 Å². The summed E-state index contributed by atoms with van der Waals surface area (Å²) in [5, 5.41) is 0. The van der Waals surface area contributed by atoms with E-state index in [-0.39, 0.29) is 5.78 Å². The molecule has 1 heterocycles. The van der Waals surface area contributed by atoms with Crippen LogP contribution >= 0.6 is 0 Å². The fraction of sp³-hybridized carbons (Fsp3) is 0.333. The van der Waals surface area contributed by atoms with Crippen LogP contribution in [-0.4, -0.2) is 15.3 Å². The van der Waals surface area contributed by atoms with E-state index < -0.39 is 0 Å². The molecule has 0 atom stereocenters. The van der Waals surface area contributed by atoms with Gasteiger partial charge in [-0.3, -0.25) is 4.79 Å². The van der Waals surface area contributed by atoms with E-state index in [1.54, 1.807) is 24.0 Å². The average Bonchev–Trinajstić information content (AvgIpc) is 2.13.